The summed E-state index contributed by atoms with van der Waals surface area (Å²) in [5.74, 6) is 6.69. The highest BCUT2D eigenvalue weighted by molar-refractivity contribution is 6.29. The number of ether oxygens (including phenoxy) is 1. The van der Waals surface area contributed by atoms with Crippen molar-refractivity contribution in [3.63, 3.8) is 0 Å². The molecule has 3 N–H and O–H groups in total. The fourth-order valence-corrected chi connectivity index (χ4v) is 3.04. The summed E-state index contributed by atoms with van der Waals surface area (Å²) in [6.07, 6.45) is 11.0. The third kappa shape index (κ3) is 6.22. The number of hydrazine groups is 1. The standard InChI is InChI=1S/C20H32ClN3O2/c1-6-17(19(25)26-7-2)18(23-5)24(22)20(3,4)13-12-15-10-8-9-11-16(21)14-15/h8-11,23H,6-7,12-14,22H2,1-5H3/b18-17+. The number of allylic oxidation sites excluding steroid dienone is 6. The van der Waals surface area contributed by atoms with E-state index in [9.17, 15) is 4.79 Å². The average molecular weight is 382 g/mol. The molecule has 0 amide bonds. The second-order valence-electron chi connectivity index (χ2n) is 6.83. The molecule has 0 spiro atoms. The molecule has 0 saturated heterocycles. The van der Waals surface area contributed by atoms with E-state index in [0.717, 1.165) is 24.3 Å². The first-order valence-corrected chi connectivity index (χ1v) is 9.48. The van der Waals surface area contributed by atoms with Crippen LogP contribution in [0.25, 0.3) is 0 Å². The third-order valence-electron chi connectivity index (χ3n) is 4.47. The molecule has 0 radical (unpaired) electrons. The van der Waals surface area contributed by atoms with E-state index in [1.165, 1.54) is 5.57 Å². The Morgan fingerprint density at radius 2 is 2.00 bits per heavy atom. The van der Waals surface area contributed by atoms with E-state index in [4.69, 9.17) is 22.2 Å². The van der Waals surface area contributed by atoms with Crippen molar-refractivity contribution in [2.75, 3.05) is 13.7 Å². The average Bonchev–Trinajstić information content (AvgIpc) is 2.81. The zero-order chi connectivity index (χ0) is 19.7. The Morgan fingerprint density at radius 1 is 1.35 bits per heavy atom. The molecular formula is C20H32ClN3O2. The lowest BCUT2D eigenvalue weighted by Crippen LogP contribution is -2.51. The quantitative estimate of drug-likeness (QED) is 0.272. The van der Waals surface area contributed by atoms with E-state index < -0.39 is 0 Å². The lowest BCUT2D eigenvalue weighted by molar-refractivity contribution is -0.138. The first-order chi connectivity index (χ1) is 12.3. The van der Waals surface area contributed by atoms with E-state index in [0.29, 0.717) is 24.4 Å². The summed E-state index contributed by atoms with van der Waals surface area (Å²) in [5.41, 5.74) is 1.45. The molecule has 146 valence electrons. The van der Waals surface area contributed by atoms with Gasteiger partial charge in [0.15, 0.2) is 0 Å². The Bertz CT molecular complexity index is 619. The highest BCUT2D eigenvalue weighted by atomic mass is 35.5. The van der Waals surface area contributed by atoms with Crippen molar-refractivity contribution < 1.29 is 9.53 Å². The predicted molar refractivity (Wildman–Crippen MR) is 108 cm³/mol. The van der Waals surface area contributed by atoms with Crippen molar-refractivity contribution in [1.82, 2.24) is 10.3 Å². The minimum absolute atomic E-state index is 0.334. The van der Waals surface area contributed by atoms with E-state index in [1.807, 2.05) is 25.2 Å². The Labute approximate surface area is 162 Å². The van der Waals surface area contributed by atoms with Gasteiger partial charge >= 0.3 is 5.97 Å². The lowest BCUT2D eigenvalue weighted by Gasteiger charge is -2.39. The number of carbonyl (C=O) groups excluding carboxylic acids is 1. The summed E-state index contributed by atoms with van der Waals surface area (Å²) in [7, 11) is 1.77. The lowest BCUT2D eigenvalue weighted by atomic mass is 9.93. The number of carbonyl (C=O) groups is 1. The molecular weight excluding hydrogens is 350 g/mol. The van der Waals surface area contributed by atoms with Gasteiger partial charge in [0.05, 0.1) is 17.7 Å². The Kier molecular flexibility index (Phi) is 8.96. The molecule has 0 fully saturated rings. The summed E-state index contributed by atoms with van der Waals surface area (Å²) < 4.78 is 5.16. The van der Waals surface area contributed by atoms with Crippen molar-refractivity contribution in [3.8, 4) is 0 Å². The molecule has 0 heterocycles. The number of nitrogens with zero attached hydrogens (tertiary/aromatic N) is 1. The SMILES string of the molecule is CCOC(=O)/C(CC)=C(\NC)N(N)C(C)(C)CCC1=CC=CC=C(Cl)C1. The minimum atomic E-state index is -0.363. The summed E-state index contributed by atoms with van der Waals surface area (Å²) in [6, 6.07) is 0. The largest absolute Gasteiger partial charge is 0.463 e. The molecule has 26 heavy (non-hydrogen) atoms. The van der Waals surface area contributed by atoms with Crippen LogP contribution in [0.3, 0.4) is 0 Å². The Morgan fingerprint density at radius 3 is 2.58 bits per heavy atom. The molecule has 1 aliphatic carbocycles. The maximum Gasteiger partial charge on any atom is 0.337 e. The molecule has 1 rings (SSSR count). The topological polar surface area (TPSA) is 67.6 Å². The third-order valence-corrected chi connectivity index (χ3v) is 4.72. The number of halogens is 1. The molecule has 0 bridgehead atoms. The summed E-state index contributed by atoms with van der Waals surface area (Å²) in [6.45, 7) is 8.17. The van der Waals surface area contributed by atoms with Crippen LogP contribution in [0.15, 0.2) is 46.3 Å². The maximum absolute atomic E-state index is 12.2. The van der Waals surface area contributed by atoms with Gasteiger partial charge in [-0.3, -0.25) is 5.01 Å². The molecule has 0 aliphatic heterocycles. The van der Waals surface area contributed by atoms with Gasteiger partial charge in [-0.1, -0.05) is 42.3 Å². The molecule has 0 aromatic rings. The number of hydrogen-bond donors (Lipinski definition) is 2. The minimum Gasteiger partial charge on any atom is -0.463 e. The van der Waals surface area contributed by atoms with Crippen molar-refractivity contribution in [3.05, 3.63) is 46.3 Å². The van der Waals surface area contributed by atoms with Gasteiger partial charge in [-0.05, 0) is 46.1 Å². The normalized spacial score (nSPS) is 15.5. The van der Waals surface area contributed by atoms with E-state index >= 15 is 0 Å². The van der Waals surface area contributed by atoms with E-state index in [2.05, 4.69) is 25.2 Å². The van der Waals surface area contributed by atoms with Gasteiger partial charge in [0.2, 0.25) is 0 Å². The molecule has 0 aromatic heterocycles. The summed E-state index contributed by atoms with van der Waals surface area (Å²) in [4.78, 5) is 12.2. The van der Waals surface area contributed by atoms with Crippen LogP contribution in [0.5, 0.6) is 0 Å². The zero-order valence-electron chi connectivity index (χ0n) is 16.6. The Balaban J connectivity index is 2.94. The van der Waals surface area contributed by atoms with Gasteiger partial charge in [-0.15, -0.1) is 0 Å². The van der Waals surface area contributed by atoms with Gasteiger partial charge < -0.3 is 10.1 Å². The van der Waals surface area contributed by atoms with Gasteiger partial charge in [0, 0.05) is 18.5 Å². The fourth-order valence-electron chi connectivity index (χ4n) is 2.79. The van der Waals surface area contributed by atoms with Gasteiger partial charge in [0.1, 0.15) is 5.82 Å². The van der Waals surface area contributed by atoms with Crippen LogP contribution >= 0.6 is 11.6 Å². The summed E-state index contributed by atoms with van der Waals surface area (Å²) in [5, 5.41) is 5.56. The van der Waals surface area contributed by atoms with E-state index in [-0.39, 0.29) is 11.5 Å². The second kappa shape index (κ2) is 10.4. The van der Waals surface area contributed by atoms with Crippen LogP contribution in [-0.2, 0) is 9.53 Å². The fraction of sp³-hybridized carbons (Fsp3) is 0.550. The summed E-state index contributed by atoms with van der Waals surface area (Å²) >= 11 is 6.19. The molecule has 5 nitrogen and oxygen atoms in total. The number of rotatable bonds is 9. The maximum atomic E-state index is 12.2. The van der Waals surface area contributed by atoms with Crippen LogP contribution in [0, 0.1) is 0 Å². The number of hydrogen-bond acceptors (Lipinski definition) is 5. The molecule has 6 heteroatoms. The highest BCUT2D eigenvalue weighted by Gasteiger charge is 2.29. The Hall–Kier alpha value is -1.72. The van der Waals surface area contributed by atoms with Gasteiger partial charge in [-0.2, -0.15) is 0 Å². The van der Waals surface area contributed by atoms with Crippen molar-refractivity contribution in [1.29, 1.82) is 0 Å². The van der Waals surface area contributed by atoms with Gasteiger partial charge in [0.25, 0.3) is 0 Å². The first-order valence-electron chi connectivity index (χ1n) is 9.10. The number of nitrogens with two attached hydrogens (primary N) is 1. The van der Waals surface area contributed by atoms with Crippen LogP contribution in [0.2, 0.25) is 0 Å². The molecule has 1 aliphatic rings. The highest BCUT2D eigenvalue weighted by Crippen LogP contribution is 2.28. The predicted octanol–water partition coefficient (Wildman–Crippen LogP) is 4.13. The van der Waals surface area contributed by atoms with Crippen LogP contribution < -0.4 is 11.2 Å². The van der Waals surface area contributed by atoms with Crippen LogP contribution in [-0.4, -0.2) is 30.2 Å². The van der Waals surface area contributed by atoms with Crippen molar-refractivity contribution in [2.24, 2.45) is 5.84 Å². The first kappa shape index (κ1) is 22.3. The van der Waals surface area contributed by atoms with Gasteiger partial charge in [-0.25, -0.2) is 10.6 Å². The van der Waals surface area contributed by atoms with Crippen molar-refractivity contribution in [2.45, 2.75) is 58.9 Å². The molecule has 0 atom stereocenters. The monoisotopic (exact) mass is 381 g/mol. The smallest absolute Gasteiger partial charge is 0.337 e. The second-order valence-corrected chi connectivity index (χ2v) is 7.32. The number of esters is 1. The molecule has 0 unspecified atom stereocenters. The van der Waals surface area contributed by atoms with E-state index in [1.54, 1.807) is 19.0 Å². The van der Waals surface area contributed by atoms with Crippen LogP contribution in [0.4, 0.5) is 0 Å². The molecule has 0 saturated carbocycles. The molecule has 0 aromatic carbocycles. The van der Waals surface area contributed by atoms with Crippen molar-refractivity contribution >= 4 is 17.6 Å². The number of nitrogens with one attached hydrogen (secondary N) is 1. The van der Waals surface area contributed by atoms with Crippen LogP contribution in [0.1, 0.15) is 53.4 Å². The zero-order valence-corrected chi connectivity index (χ0v) is 17.3.